The van der Waals surface area contributed by atoms with Gasteiger partial charge < -0.3 is 10.2 Å². The Bertz CT molecular complexity index is 571. The number of hydrogen-bond acceptors (Lipinski definition) is 7. The van der Waals surface area contributed by atoms with Crippen molar-refractivity contribution in [1.82, 2.24) is 29.7 Å². The zero-order valence-electron chi connectivity index (χ0n) is 12.5. The molecule has 1 N–H and O–H groups in total. The fourth-order valence-electron chi connectivity index (χ4n) is 2.54. The maximum Gasteiger partial charge on any atom is 0.204 e. The molecule has 3 rings (SSSR count). The van der Waals surface area contributed by atoms with E-state index in [0.29, 0.717) is 12.5 Å². The standard InChI is InChI=1S/C13H21N7S/c1-19(2)13-15-12(17-21-13)9-20-8-11(16-18-20)6-10-4-3-5-14-7-10/h8,10,14H,3-7,9H2,1-2H3. The first kappa shape index (κ1) is 14.4. The Balaban J connectivity index is 1.58. The third kappa shape index (κ3) is 3.76. The minimum absolute atomic E-state index is 0.584. The summed E-state index contributed by atoms with van der Waals surface area (Å²) >= 11 is 1.41. The molecule has 8 heteroatoms. The molecule has 0 aliphatic carbocycles. The molecule has 1 aliphatic rings. The summed E-state index contributed by atoms with van der Waals surface area (Å²) in [6, 6.07) is 0. The van der Waals surface area contributed by atoms with Crippen molar-refractivity contribution in [3.63, 3.8) is 0 Å². The van der Waals surface area contributed by atoms with Crippen LogP contribution in [-0.4, -0.2) is 51.5 Å². The third-order valence-corrected chi connectivity index (χ3v) is 4.55. The first-order valence-corrected chi connectivity index (χ1v) is 8.07. The van der Waals surface area contributed by atoms with Crippen LogP contribution in [-0.2, 0) is 13.0 Å². The smallest absolute Gasteiger partial charge is 0.204 e. The van der Waals surface area contributed by atoms with Gasteiger partial charge in [0.2, 0.25) is 5.13 Å². The fourth-order valence-corrected chi connectivity index (χ4v) is 3.13. The molecule has 1 fully saturated rings. The van der Waals surface area contributed by atoms with E-state index in [-0.39, 0.29) is 0 Å². The molecule has 1 saturated heterocycles. The quantitative estimate of drug-likeness (QED) is 0.880. The Labute approximate surface area is 128 Å². The average molecular weight is 307 g/mol. The minimum Gasteiger partial charge on any atom is -0.353 e. The lowest BCUT2D eigenvalue weighted by Gasteiger charge is -2.21. The van der Waals surface area contributed by atoms with Crippen LogP contribution >= 0.6 is 11.5 Å². The van der Waals surface area contributed by atoms with E-state index >= 15 is 0 Å². The van der Waals surface area contributed by atoms with Crippen LogP contribution in [0.5, 0.6) is 0 Å². The van der Waals surface area contributed by atoms with Crippen molar-refractivity contribution < 1.29 is 0 Å². The van der Waals surface area contributed by atoms with Crippen LogP contribution in [0.15, 0.2) is 6.20 Å². The lowest BCUT2D eigenvalue weighted by molar-refractivity contribution is 0.373. The molecule has 1 atom stereocenters. The van der Waals surface area contributed by atoms with Gasteiger partial charge in [0.05, 0.1) is 5.69 Å². The number of aromatic nitrogens is 5. The summed E-state index contributed by atoms with van der Waals surface area (Å²) < 4.78 is 6.17. The molecule has 7 nitrogen and oxygen atoms in total. The Morgan fingerprint density at radius 2 is 2.38 bits per heavy atom. The second-order valence-corrected chi connectivity index (χ2v) is 6.44. The molecule has 21 heavy (non-hydrogen) atoms. The number of rotatable bonds is 5. The van der Waals surface area contributed by atoms with Gasteiger partial charge in [-0.05, 0) is 38.3 Å². The highest BCUT2D eigenvalue weighted by molar-refractivity contribution is 7.09. The topological polar surface area (TPSA) is 71.8 Å². The first-order valence-electron chi connectivity index (χ1n) is 7.30. The largest absolute Gasteiger partial charge is 0.353 e. The van der Waals surface area contributed by atoms with E-state index in [1.54, 1.807) is 0 Å². The predicted octanol–water partition coefficient (Wildman–Crippen LogP) is 0.786. The molecular formula is C13H21N7S. The number of piperidine rings is 1. The second-order valence-electron chi connectivity index (χ2n) is 5.71. The summed E-state index contributed by atoms with van der Waals surface area (Å²) in [4.78, 5) is 6.43. The fraction of sp³-hybridized carbons (Fsp3) is 0.692. The molecule has 114 valence electrons. The van der Waals surface area contributed by atoms with Crippen molar-refractivity contribution in [3.05, 3.63) is 17.7 Å². The lowest BCUT2D eigenvalue weighted by atomic mass is 9.95. The normalized spacial score (nSPS) is 18.9. The molecule has 2 aromatic rings. The van der Waals surface area contributed by atoms with E-state index in [2.05, 4.69) is 25.0 Å². The Morgan fingerprint density at radius 1 is 1.48 bits per heavy atom. The van der Waals surface area contributed by atoms with E-state index in [1.165, 1.54) is 24.4 Å². The van der Waals surface area contributed by atoms with Crippen molar-refractivity contribution >= 4 is 16.7 Å². The molecule has 3 heterocycles. The maximum absolute atomic E-state index is 4.46. The van der Waals surface area contributed by atoms with Crippen molar-refractivity contribution in [3.8, 4) is 0 Å². The minimum atomic E-state index is 0.584. The molecular weight excluding hydrogens is 286 g/mol. The van der Waals surface area contributed by atoms with Crippen molar-refractivity contribution in [1.29, 1.82) is 0 Å². The Kier molecular flexibility index (Phi) is 4.45. The van der Waals surface area contributed by atoms with E-state index < -0.39 is 0 Å². The summed E-state index contributed by atoms with van der Waals surface area (Å²) in [5.41, 5.74) is 1.06. The van der Waals surface area contributed by atoms with E-state index in [9.17, 15) is 0 Å². The third-order valence-electron chi connectivity index (χ3n) is 3.63. The first-order chi connectivity index (χ1) is 10.2. The zero-order valence-corrected chi connectivity index (χ0v) is 13.3. The number of anilines is 1. The number of nitrogens with zero attached hydrogens (tertiary/aromatic N) is 6. The maximum atomic E-state index is 4.46. The van der Waals surface area contributed by atoms with E-state index in [0.717, 1.165) is 36.2 Å². The molecule has 0 saturated carbocycles. The van der Waals surface area contributed by atoms with Gasteiger partial charge in [0.25, 0.3) is 0 Å². The van der Waals surface area contributed by atoms with Crippen LogP contribution < -0.4 is 10.2 Å². The van der Waals surface area contributed by atoms with Crippen LogP contribution in [0.1, 0.15) is 24.4 Å². The zero-order chi connectivity index (χ0) is 14.7. The van der Waals surface area contributed by atoms with Gasteiger partial charge in [0.1, 0.15) is 6.54 Å². The molecule has 0 aromatic carbocycles. The monoisotopic (exact) mass is 307 g/mol. The Hall–Kier alpha value is -1.54. The van der Waals surface area contributed by atoms with Gasteiger partial charge in [-0.3, -0.25) is 0 Å². The summed E-state index contributed by atoms with van der Waals surface area (Å²) in [5.74, 6) is 1.47. The Morgan fingerprint density at radius 3 is 3.10 bits per heavy atom. The highest BCUT2D eigenvalue weighted by Crippen LogP contribution is 2.16. The van der Waals surface area contributed by atoms with E-state index in [4.69, 9.17) is 0 Å². The van der Waals surface area contributed by atoms with Crippen molar-refractivity contribution in [2.45, 2.75) is 25.8 Å². The van der Waals surface area contributed by atoms with Gasteiger partial charge in [-0.2, -0.15) is 4.37 Å². The van der Waals surface area contributed by atoms with Crippen molar-refractivity contribution in [2.75, 3.05) is 32.1 Å². The predicted molar refractivity (Wildman–Crippen MR) is 82.7 cm³/mol. The molecule has 1 aliphatic heterocycles. The molecule has 0 radical (unpaired) electrons. The highest BCUT2D eigenvalue weighted by Gasteiger charge is 2.15. The molecule has 2 aromatic heterocycles. The average Bonchev–Trinajstić information content (AvgIpc) is 3.10. The highest BCUT2D eigenvalue weighted by atomic mass is 32.1. The van der Waals surface area contributed by atoms with Crippen LogP contribution in [0, 0.1) is 5.92 Å². The molecule has 0 spiro atoms. The van der Waals surface area contributed by atoms with Crippen LogP contribution in [0.2, 0.25) is 0 Å². The van der Waals surface area contributed by atoms with Crippen LogP contribution in [0.25, 0.3) is 0 Å². The summed E-state index contributed by atoms with van der Waals surface area (Å²) in [7, 11) is 3.94. The SMILES string of the molecule is CN(C)c1nc(Cn2cc(CC3CCCNC3)nn2)ns1. The number of hydrogen-bond donors (Lipinski definition) is 1. The van der Waals surface area contributed by atoms with Gasteiger partial charge in [0, 0.05) is 31.8 Å². The molecule has 1 unspecified atom stereocenters. The summed E-state index contributed by atoms with van der Waals surface area (Å²) in [6.07, 6.45) is 5.56. The lowest BCUT2D eigenvalue weighted by Crippen LogP contribution is -2.30. The van der Waals surface area contributed by atoms with Gasteiger partial charge in [-0.25, -0.2) is 9.67 Å². The van der Waals surface area contributed by atoms with Gasteiger partial charge in [-0.1, -0.05) is 5.21 Å². The van der Waals surface area contributed by atoms with Gasteiger partial charge >= 0.3 is 0 Å². The van der Waals surface area contributed by atoms with E-state index in [1.807, 2.05) is 29.9 Å². The second kappa shape index (κ2) is 6.48. The molecule has 0 amide bonds. The molecule has 0 bridgehead atoms. The van der Waals surface area contributed by atoms with Crippen LogP contribution in [0.4, 0.5) is 5.13 Å². The van der Waals surface area contributed by atoms with Crippen molar-refractivity contribution in [2.24, 2.45) is 5.92 Å². The van der Waals surface area contributed by atoms with Gasteiger partial charge in [-0.15, -0.1) is 5.10 Å². The van der Waals surface area contributed by atoms with Crippen LogP contribution in [0.3, 0.4) is 0 Å². The van der Waals surface area contributed by atoms with Gasteiger partial charge in [0.15, 0.2) is 5.82 Å². The number of nitrogens with one attached hydrogen (secondary N) is 1. The summed E-state index contributed by atoms with van der Waals surface area (Å²) in [6.45, 7) is 2.82. The summed E-state index contributed by atoms with van der Waals surface area (Å²) in [5, 5.41) is 12.8.